The van der Waals surface area contributed by atoms with Gasteiger partial charge in [0.15, 0.2) is 0 Å². The number of nitrogens with zero attached hydrogens (tertiary/aromatic N) is 5. The van der Waals surface area contributed by atoms with Crippen LogP contribution in [0, 0.1) is 26.0 Å². The number of esters is 1. The Hall–Kier alpha value is -4.53. The average Bonchev–Trinajstić information content (AvgIpc) is 3.01. The van der Waals surface area contributed by atoms with Gasteiger partial charge in [0.25, 0.3) is 10.2 Å². The molecule has 0 bridgehead atoms. The van der Waals surface area contributed by atoms with Crippen LogP contribution in [-0.4, -0.2) is 103 Å². The van der Waals surface area contributed by atoms with Crippen molar-refractivity contribution in [2.75, 3.05) is 44.0 Å². The molecule has 0 aliphatic rings. The number of unbranched alkanes of at least 4 members (excludes halogenated alkanes) is 1. The maximum absolute atomic E-state index is 13.7. The number of carbonyl (C=O) groups is 1. The Morgan fingerprint density at radius 1 is 1.06 bits per heavy atom. The third-order valence-electron chi connectivity index (χ3n) is 6.93. The Morgan fingerprint density at radius 3 is 2.32 bits per heavy atom. The van der Waals surface area contributed by atoms with Gasteiger partial charge in [0.05, 0.1) is 56.1 Å². The van der Waals surface area contributed by atoms with E-state index in [9.17, 15) is 48.0 Å². The van der Waals surface area contributed by atoms with E-state index in [0.717, 1.165) is 10.6 Å². The zero-order chi connectivity index (χ0) is 37.4. The number of carbonyl (C=O) groups excluding carboxylic acids is 1. The Labute approximate surface area is 288 Å². The van der Waals surface area contributed by atoms with Gasteiger partial charge in [0.1, 0.15) is 11.9 Å². The summed E-state index contributed by atoms with van der Waals surface area (Å²) in [5.41, 5.74) is 1.66. The molecule has 2 N–H and O–H groups in total. The average molecular weight is 732 g/mol. The molecule has 3 atom stereocenters. The maximum Gasteiger partial charge on any atom is 0.308 e. The summed E-state index contributed by atoms with van der Waals surface area (Å²) in [6.45, 7) is 3.19. The summed E-state index contributed by atoms with van der Waals surface area (Å²) < 4.78 is 49.5. The van der Waals surface area contributed by atoms with Crippen LogP contribution in [-0.2, 0) is 34.0 Å². The Morgan fingerprint density at radius 2 is 1.72 bits per heavy atom. The smallest absolute Gasteiger partial charge is 0.308 e. The maximum atomic E-state index is 13.7. The molecule has 18 nitrogen and oxygen atoms in total. The SMILES string of the molecule is CC(C)c1nc(N(C)S(C)(=O)=O)nc(-c2ccc(F)cc2)c1/C=C/[C@@H](O)C[C@@H](O)CC(=O)OCCCCOCC(CCO[N+](=O)[O-])O[N+](=O)[O-]. The Balaban J connectivity index is 1.94. The molecule has 1 aromatic heterocycles. The first-order valence-electron chi connectivity index (χ1n) is 15.5. The van der Waals surface area contributed by atoms with Gasteiger partial charge < -0.3 is 29.4 Å². The van der Waals surface area contributed by atoms with E-state index in [1.54, 1.807) is 0 Å². The third-order valence-corrected chi connectivity index (χ3v) is 8.09. The van der Waals surface area contributed by atoms with Gasteiger partial charge in [-0.25, -0.2) is 27.1 Å². The molecule has 0 radical (unpaired) electrons. The highest BCUT2D eigenvalue weighted by molar-refractivity contribution is 7.92. The van der Waals surface area contributed by atoms with Crippen molar-refractivity contribution in [1.29, 1.82) is 0 Å². The molecular formula is C30H42FN5O13S. The first kappa shape index (κ1) is 41.6. The highest BCUT2D eigenvalue weighted by atomic mass is 32.2. The first-order chi connectivity index (χ1) is 23.5. The van der Waals surface area contributed by atoms with Crippen molar-refractivity contribution < 1.29 is 57.1 Å². The van der Waals surface area contributed by atoms with E-state index in [2.05, 4.69) is 19.6 Å². The molecule has 278 valence electrons. The van der Waals surface area contributed by atoms with Crippen LogP contribution in [0.3, 0.4) is 0 Å². The van der Waals surface area contributed by atoms with Crippen molar-refractivity contribution in [1.82, 2.24) is 9.97 Å². The Kier molecular flexibility index (Phi) is 16.8. The first-order valence-corrected chi connectivity index (χ1v) is 17.3. The van der Waals surface area contributed by atoms with E-state index in [-0.39, 0.29) is 44.5 Å². The van der Waals surface area contributed by atoms with Gasteiger partial charge in [-0.2, -0.15) is 0 Å². The molecule has 0 spiro atoms. The van der Waals surface area contributed by atoms with Gasteiger partial charge in [-0.15, -0.1) is 20.2 Å². The van der Waals surface area contributed by atoms with Gasteiger partial charge in [-0.1, -0.05) is 26.0 Å². The van der Waals surface area contributed by atoms with E-state index in [0.29, 0.717) is 35.4 Å². The van der Waals surface area contributed by atoms with Gasteiger partial charge in [0.2, 0.25) is 16.0 Å². The zero-order valence-corrected chi connectivity index (χ0v) is 28.9. The van der Waals surface area contributed by atoms with Crippen LogP contribution >= 0.6 is 0 Å². The summed E-state index contributed by atoms with van der Waals surface area (Å²) in [6.07, 6.45) is 0.380. The van der Waals surface area contributed by atoms with E-state index in [4.69, 9.17) is 9.47 Å². The van der Waals surface area contributed by atoms with Crippen LogP contribution in [0.5, 0.6) is 0 Å². The minimum Gasteiger partial charge on any atom is -0.466 e. The highest BCUT2D eigenvalue weighted by Gasteiger charge is 2.23. The van der Waals surface area contributed by atoms with Gasteiger partial charge in [-0.05, 0) is 49.4 Å². The number of halogens is 1. The second-order valence-corrected chi connectivity index (χ2v) is 13.4. The molecule has 0 amide bonds. The molecule has 1 aromatic carbocycles. The molecule has 0 fully saturated rings. The number of aliphatic hydroxyl groups excluding tert-OH is 2. The number of ether oxygens (including phenoxy) is 2. The molecule has 2 rings (SSSR count). The fourth-order valence-corrected chi connectivity index (χ4v) is 4.73. The predicted octanol–water partition coefficient (Wildman–Crippen LogP) is 2.83. The fraction of sp³-hybridized carbons (Fsp3) is 0.567. The summed E-state index contributed by atoms with van der Waals surface area (Å²) in [4.78, 5) is 50.4. The van der Waals surface area contributed by atoms with Crippen LogP contribution in [0.4, 0.5) is 10.3 Å². The largest absolute Gasteiger partial charge is 0.466 e. The van der Waals surface area contributed by atoms with E-state index in [1.807, 2.05) is 13.8 Å². The van der Waals surface area contributed by atoms with Crippen LogP contribution in [0.25, 0.3) is 17.3 Å². The van der Waals surface area contributed by atoms with Crippen molar-refractivity contribution >= 4 is 28.0 Å². The lowest BCUT2D eigenvalue weighted by molar-refractivity contribution is -0.774. The standard InChI is InChI=1S/C30H42FN5O13S/c1-20(2)28-26(29(21-7-9-22(31)10-8-21)33-30(32-28)34(3)50(4,44)45)12-11-23(37)17-24(38)18-27(39)47-15-6-5-14-46-19-25(49-36(42)43)13-16-48-35(40)41/h7-12,20,23-25,37-38H,5-6,13-19H2,1-4H3/b12-11+/t23-,24-,25?/m1/s1. The van der Waals surface area contributed by atoms with Crippen molar-refractivity contribution in [2.24, 2.45) is 0 Å². The van der Waals surface area contributed by atoms with Crippen LogP contribution in [0.1, 0.15) is 63.1 Å². The third kappa shape index (κ3) is 14.9. The molecule has 0 aliphatic carbocycles. The zero-order valence-electron chi connectivity index (χ0n) is 28.0. The van der Waals surface area contributed by atoms with Crippen molar-refractivity contribution in [3.8, 4) is 11.3 Å². The minimum atomic E-state index is -3.71. The molecule has 0 aliphatic heterocycles. The second kappa shape index (κ2) is 20.2. The summed E-state index contributed by atoms with van der Waals surface area (Å²) >= 11 is 0. The van der Waals surface area contributed by atoms with E-state index < -0.39 is 63.3 Å². The minimum absolute atomic E-state index is 0.00245. The normalized spacial score (nSPS) is 13.5. The number of benzene rings is 1. The summed E-state index contributed by atoms with van der Waals surface area (Å²) in [5.74, 6) is -1.51. The molecule has 1 heterocycles. The Bertz CT molecular complexity index is 1560. The van der Waals surface area contributed by atoms with Crippen LogP contribution < -0.4 is 4.31 Å². The number of hydrogen-bond acceptors (Lipinski definition) is 15. The number of hydrogen-bond donors (Lipinski definition) is 2. The molecule has 50 heavy (non-hydrogen) atoms. The van der Waals surface area contributed by atoms with Gasteiger partial charge in [0, 0.05) is 31.2 Å². The summed E-state index contributed by atoms with van der Waals surface area (Å²) in [5, 5.41) is 39.8. The van der Waals surface area contributed by atoms with E-state index in [1.165, 1.54) is 43.5 Å². The number of anilines is 1. The van der Waals surface area contributed by atoms with Gasteiger partial charge in [-0.3, -0.25) is 4.79 Å². The topological polar surface area (TPSA) is 244 Å². The van der Waals surface area contributed by atoms with E-state index >= 15 is 0 Å². The van der Waals surface area contributed by atoms with Crippen LogP contribution in [0.2, 0.25) is 0 Å². The molecular weight excluding hydrogens is 689 g/mol. The molecule has 2 aromatic rings. The second-order valence-electron chi connectivity index (χ2n) is 11.4. The molecule has 0 saturated heterocycles. The monoisotopic (exact) mass is 731 g/mol. The molecule has 20 heteroatoms. The summed E-state index contributed by atoms with van der Waals surface area (Å²) in [7, 11) is -2.40. The predicted molar refractivity (Wildman–Crippen MR) is 175 cm³/mol. The van der Waals surface area contributed by atoms with Crippen molar-refractivity contribution in [3.63, 3.8) is 0 Å². The van der Waals surface area contributed by atoms with Crippen molar-refractivity contribution in [2.45, 2.75) is 70.2 Å². The van der Waals surface area contributed by atoms with Crippen molar-refractivity contribution in [3.05, 3.63) is 67.6 Å². The lowest BCUT2D eigenvalue weighted by Crippen LogP contribution is -2.27. The number of sulfonamides is 1. The van der Waals surface area contributed by atoms with Crippen LogP contribution in [0.15, 0.2) is 30.3 Å². The summed E-state index contributed by atoms with van der Waals surface area (Å²) in [6, 6.07) is 5.42. The lowest BCUT2D eigenvalue weighted by atomic mass is 9.97. The molecule has 0 saturated carbocycles. The fourth-order valence-electron chi connectivity index (χ4n) is 4.35. The number of aliphatic hydroxyl groups is 2. The number of aromatic nitrogens is 2. The van der Waals surface area contributed by atoms with Gasteiger partial charge >= 0.3 is 5.97 Å². The lowest BCUT2D eigenvalue weighted by Gasteiger charge is -2.20. The molecule has 1 unspecified atom stereocenters. The number of rotatable bonds is 23. The quantitative estimate of drug-likeness (QED) is 0.0722. The highest BCUT2D eigenvalue weighted by Crippen LogP contribution is 2.31.